The zero-order valence-electron chi connectivity index (χ0n) is 12.7. The molecule has 3 aromatic rings. The number of hydrogen-bond acceptors (Lipinski definition) is 5. The van der Waals surface area contributed by atoms with Crippen LogP contribution in [-0.2, 0) is 0 Å². The van der Waals surface area contributed by atoms with E-state index >= 15 is 0 Å². The van der Waals surface area contributed by atoms with E-state index in [9.17, 15) is 4.39 Å². The van der Waals surface area contributed by atoms with Gasteiger partial charge in [0.2, 0.25) is 5.13 Å². The van der Waals surface area contributed by atoms with E-state index < -0.39 is 5.82 Å². The van der Waals surface area contributed by atoms with E-state index in [4.69, 9.17) is 4.74 Å². The fourth-order valence-corrected chi connectivity index (χ4v) is 3.23. The van der Waals surface area contributed by atoms with Crippen molar-refractivity contribution in [3.63, 3.8) is 0 Å². The van der Waals surface area contributed by atoms with Gasteiger partial charge in [-0.2, -0.15) is 5.10 Å². The Morgan fingerprint density at radius 2 is 2.08 bits per heavy atom. The van der Waals surface area contributed by atoms with Gasteiger partial charge in [0.1, 0.15) is 0 Å². The van der Waals surface area contributed by atoms with E-state index in [-0.39, 0.29) is 5.75 Å². The minimum Gasteiger partial charge on any atom is -0.493 e. The Bertz CT molecular complexity index is 868. The zero-order chi connectivity index (χ0) is 16.9. The number of ether oxygens (including phenoxy) is 1. The maximum absolute atomic E-state index is 13.8. The average Bonchev–Trinajstić information content (AvgIpc) is 3.04. The lowest BCUT2D eigenvalue weighted by Crippen LogP contribution is -1.97. The lowest BCUT2D eigenvalue weighted by molar-refractivity contribution is 0.385. The molecule has 1 heterocycles. The molecule has 0 aliphatic rings. The van der Waals surface area contributed by atoms with Gasteiger partial charge in [-0.25, -0.2) is 9.37 Å². The van der Waals surface area contributed by atoms with Gasteiger partial charge in [-0.1, -0.05) is 46.3 Å². The van der Waals surface area contributed by atoms with Crippen LogP contribution in [0.5, 0.6) is 5.75 Å². The van der Waals surface area contributed by atoms with Crippen LogP contribution < -0.4 is 10.2 Å². The summed E-state index contributed by atoms with van der Waals surface area (Å²) in [6.45, 7) is 0. The van der Waals surface area contributed by atoms with Crippen molar-refractivity contribution in [1.29, 1.82) is 0 Å². The summed E-state index contributed by atoms with van der Waals surface area (Å²) in [4.78, 5) is 4.47. The molecular formula is C17H13BrFN3OS. The molecule has 0 saturated carbocycles. The summed E-state index contributed by atoms with van der Waals surface area (Å²) in [7, 11) is 1.42. The molecule has 4 nitrogen and oxygen atoms in total. The first-order chi connectivity index (χ1) is 11.7. The SMILES string of the molecule is COc1c(F)cc(Br)cc1C=NNc1nc(-c2ccccc2)cs1. The van der Waals surface area contributed by atoms with E-state index in [1.165, 1.54) is 30.7 Å². The minimum absolute atomic E-state index is 0.146. The van der Waals surface area contributed by atoms with Crippen molar-refractivity contribution >= 4 is 38.6 Å². The fourth-order valence-electron chi connectivity index (χ4n) is 2.12. The van der Waals surface area contributed by atoms with Crippen molar-refractivity contribution < 1.29 is 9.13 Å². The van der Waals surface area contributed by atoms with Crippen molar-refractivity contribution in [2.75, 3.05) is 12.5 Å². The van der Waals surface area contributed by atoms with Crippen molar-refractivity contribution in [3.8, 4) is 17.0 Å². The highest BCUT2D eigenvalue weighted by Crippen LogP contribution is 2.27. The standard InChI is InChI=1S/C17H13BrFN3OS/c1-23-16-12(7-13(18)8-14(16)19)9-20-22-17-21-15(10-24-17)11-5-3-2-4-6-11/h2-10H,1H3,(H,21,22). The molecule has 0 aliphatic carbocycles. The molecule has 24 heavy (non-hydrogen) atoms. The first-order valence-corrected chi connectivity index (χ1v) is 8.67. The van der Waals surface area contributed by atoms with E-state index in [1.54, 1.807) is 6.07 Å². The van der Waals surface area contributed by atoms with Gasteiger partial charge in [-0.05, 0) is 12.1 Å². The van der Waals surface area contributed by atoms with Gasteiger partial charge in [-0.3, -0.25) is 5.43 Å². The lowest BCUT2D eigenvalue weighted by atomic mass is 10.2. The van der Waals surface area contributed by atoms with E-state index in [0.717, 1.165) is 11.3 Å². The summed E-state index contributed by atoms with van der Waals surface area (Å²) in [6.07, 6.45) is 1.50. The highest BCUT2D eigenvalue weighted by atomic mass is 79.9. The molecule has 0 amide bonds. The van der Waals surface area contributed by atoms with Crippen LogP contribution in [0.4, 0.5) is 9.52 Å². The molecule has 0 fully saturated rings. The third-order valence-corrected chi connectivity index (χ3v) is 4.38. The number of hydrazone groups is 1. The van der Waals surface area contributed by atoms with Crippen molar-refractivity contribution in [1.82, 2.24) is 4.98 Å². The van der Waals surface area contributed by atoms with Crippen LogP contribution in [0.3, 0.4) is 0 Å². The van der Waals surface area contributed by atoms with Gasteiger partial charge in [0.25, 0.3) is 0 Å². The number of hydrogen-bond donors (Lipinski definition) is 1. The number of nitrogens with one attached hydrogen (secondary N) is 1. The Hall–Kier alpha value is -2.25. The van der Waals surface area contributed by atoms with Crippen LogP contribution in [0.25, 0.3) is 11.3 Å². The molecule has 3 rings (SSSR count). The minimum atomic E-state index is -0.450. The summed E-state index contributed by atoms with van der Waals surface area (Å²) in [5.74, 6) is -0.304. The number of aromatic nitrogens is 1. The van der Waals surface area contributed by atoms with Gasteiger partial charge in [0.15, 0.2) is 11.6 Å². The smallest absolute Gasteiger partial charge is 0.203 e. The molecule has 7 heteroatoms. The third kappa shape index (κ3) is 3.80. The Labute approximate surface area is 151 Å². The largest absolute Gasteiger partial charge is 0.493 e. The van der Waals surface area contributed by atoms with Gasteiger partial charge in [-0.15, -0.1) is 11.3 Å². The van der Waals surface area contributed by atoms with E-state index in [0.29, 0.717) is 15.2 Å². The third-order valence-electron chi connectivity index (χ3n) is 3.18. The molecule has 1 N–H and O–H groups in total. The maximum Gasteiger partial charge on any atom is 0.203 e. The van der Waals surface area contributed by atoms with Gasteiger partial charge >= 0.3 is 0 Å². The first kappa shape index (κ1) is 16.6. The Kier molecular flexibility index (Phi) is 5.22. The van der Waals surface area contributed by atoms with E-state index in [2.05, 4.69) is 31.4 Å². The van der Waals surface area contributed by atoms with Crippen molar-refractivity contribution in [2.45, 2.75) is 0 Å². The van der Waals surface area contributed by atoms with Crippen LogP contribution in [0.1, 0.15) is 5.56 Å². The van der Waals surface area contributed by atoms with Crippen molar-refractivity contribution in [2.24, 2.45) is 5.10 Å². The van der Waals surface area contributed by atoms with Gasteiger partial charge < -0.3 is 4.74 Å². The molecule has 0 unspecified atom stereocenters. The number of methoxy groups -OCH3 is 1. The summed E-state index contributed by atoms with van der Waals surface area (Å²) in [6, 6.07) is 13.0. The quantitative estimate of drug-likeness (QED) is 0.470. The normalized spacial score (nSPS) is 11.0. The number of nitrogens with zero attached hydrogens (tertiary/aromatic N) is 2. The molecule has 0 bridgehead atoms. The molecule has 0 radical (unpaired) electrons. The number of thiazole rings is 1. The maximum atomic E-state index is 13.8. The number of benzene rings is 2. The topological polar surface area (TPSA) is 46.5 Å². The first-order valence-electron chi connectivity index (χ1n) is 7.00. The summed E-state index contributed by atoms with van der Waals surface area (Å²) in [5, 5.41) is 6.72. The Balaban J connectivity index is 1.75. The fraction of sp³-hybridized carbons (Fsp3) is 0.0588. The van der Waals surface area contributed by atoms with Crippen LogP contribution in [0.15, 0.2) is 57.4 Å². The predicted octanol–water partition coefficient (Wildman–Crippen LogP) is 5.17. The van der Waals surface area contributed by atoms with E-state index in [1.807, 2.05) is 35.7 Å². The monoisotopic (exact) mass is 405 g/mol. The molecule has 0 aliphatic heterocycles. The Morgan fingerprint density at radius 3 is 2.83 bits per heavy atom. The second-order valence-electron chi connectivity index (χ2n) is 4.78. The van der Waals surface area contributed by atoms with Gasteiger partial charge in [0, 0.05) is 21.0 Å². The number of rotatable bonds is 5. The zero-order valence-corrected chi connectivity index (χ0v) is 15.1. The molecular weight excluding hydrogens is 393 g/mol. The van der Waals surface area contributed by atoms with Crippen LogP contribution in [0, 0.1) is 5.82 Å². The van der Waals surface area contributed by atoms with Gasteiger partial charge in [0.05, 0.1) is 19.0 Å². The average molecular weight is 406 g/mol. The summed E-state index contributed by atoms with van der Waals surface area (Å²) in [5.41, 5.74) is 5.30. The lowest BCUT2D eigenvalue weighted by Gasteiger charge is -2.06. The summed E-state index contributed by atoms with van der Waals surface area (Å²) >= 11 is 4.70. The van der Waals surface area contributed by atoms with Crippen LogP contribution in [0.2, 0.25) is 0 Å². The van der Waals surface area contributed by atoms with Crippen LogP contribution >= 0.6 is 27.3 Å². The second-order valence-corrected chi connectivity index (χ2v) is 6.56. The number of anilines is 1. The summed E-state index contributed by atoms with van der Waals surface area (Å²) < 4.78 is 19.5. The molecule has 0 saturated heterocycles. The molecule has 1 aromatic heterocycles. The highest BCUT2D eigenvalue weighted by Gasteiger charge is 2.09. The second kappa shape index (κ2) is 7.55. The van der Waals surface area contributed by atoms with Crippen LogP contribution in [-0.4, -0.2) is 18.3 Å². The number of halogens is 2. The molecule has 2 aromatic carbocycles. The van der Waals surface area contributed by atoms with Crippen molar-refractivity contribution in [3.05, 3.63) is 63.7 Å². The molecule has 0 spiro atoms. The predicted molar refractivity (Wildman–Crippen MR) is 99.4 cm³/mol. The Morgan fingerprint density at radius 1 is 1.29 bits per heavy atom. The highest BCUT2D eigenvalue weighted by molar-refractivity contribution is 9.10. The molecule has 0 atom stereocenters. The molecule has 122 valence electrons.